The van der Waals surface area contributed by atoms with Crippen molar-refractivity contribution >= 4 is 11.6 Å². The van der Waals surface area contributed by atoms with E-state index in [2.05, 4.69) is 57.0 Å². The van der Waals surface area contributed by atoms with Gasteiger partial charge in [-0.15, -0.1) is 0 Å². The summed E-state index contributed by atoms with van der Waals surface area (Å²) in [5, 5.41) is 6.70. The van der Waals surface area contributed by atoms with E-state index >= 15 is 0 Å². The van der Waals surface area contributed by atoms with E-state index in [0.717, 1.165) is 43.3 Å². The molecule has 0 bridgehead atoms. The van der Waals surface area contributed by atoms with E-state index in [-0.39, 0.29) is 0 Å². The maximum absolute atomic E-state index is 5.18. The summed E-state index contributed by atoms with van der Waals surface area (Å²) >= 11 is 0. The highest BCUT2D eigenvalue weighted by atomic mass is 16.5. The van der Waals surface area contributed by atoms with Crippen LogP contribution in [0, 0.1) is 0 Å². The Hall–Kier alpha value is -3.08. The summed E-state index contributed by atoms with van der Waals surface area (Å²) in [6.45, 7) is 1.65. The van der Waals surface area contributed by atoms with Gasteiger partial charge < -0.3 is 15.4 Å². The molecule has 1 heterocycles. The van der Waals surface area contributed by atoms with Gasteiger partial charge >= 0.3 is 0 Å². The van der Waals surface area contributed by atoms with Crippen molar-refractivity contribution in [3.8, 4) is 5.75 Å². The monoisotopic (exact) mass is 348 g/mol. The summed E-state index contributed by atoms with van der Waals surface area (Å²) < 4.78 is 5.18. The summed E-state index contributed by atoms with van der Waals surface area (Å²) in [6.07, 6.45) is 3.47. The number of hydrogen-bond donors (Lipinski definition) is 2. The molecule has 0 saturated carbocycles. The van der Waals surface area contributed by atoms with E-state index in [9.17, 15) is 0 Å². The first-order valence-electron chi connectivity index (χ1n) is 8.80. The van der Waals surface area contributed by atoms with Crippen LogP contribution in [0.3, 0.4) is 0 Å². The standard InChI is InChI=1S/C21H24N4O/c1-26-19-9-7-18(8-10-19)12-14-23-21-15-20(24-16-25-21)22-13-11-17-5-3-2-4-6-17/h2-10,15-16H,11-14H2,1H3,(H2,22,23,24,25). The smallest absolute Gasteiger partial charge is 0.131 e. The number of methoxy groups -OCH3 is 1. The number of ether oxygens (including phenoxy) is 1. The van der Waals surface area contributed by atoms with Crippen molar-refractivity contribution in [1.29, 1.82) is 0 Å². The minimum absolute atomic E-state index is 0.812. The van der Waals surface area contributed by atoms with E-state index in [4.69, 9.17) is 4.74 Å². The van der Waals surface area contributed by atoms with Crippen LogP contribution in [0.1, 0.15) is 11.1 Å². The van der Waals surface area contributed by atoms with Crippen molar-refractivity contribution in [2.24, 2.45) is 0 Å². The van der Waals surface area contributed by atoms with Crippen molar-refractivity contribution in [1.82, 2.24) is 9.97 Å². The molecule has 134 valence electrons. The molecule has 0 aliphatic heterocycles. The Kier molecular flexibility index (Phi) is 6.42. The first-order chi connectivity index (χ1) is 12.8. The molecule has 1 aromatic heterocycles. The molecule has 0 aliphatic rings. The molecule has 5 heteroatoms. The summed E-state index contributed by atoms with van der Waals surface area (Å²) in [5.41, 5.74) is 2.57. The predicted molar refractivity (Wildman–Crippen MR) is 106 cm³/mol. The van der Waals surface area contributed by atoms with Crippen LogP contribution in [0.5, 0.6) is 5.75 Å². The SMILES string of the molecule is COc1ccc(CCNc2cc(NCCc3ccccc3)ncn2)cc1. The molecule has 0 amide bonds. The molecule has 3 aromatic rings. The maximum Gasteiger partial charge on any atom is 0.131 e. The van der Waals surface area contributed by atoms with Crippen molar-refractivity contribution in [2.45, 2.75) is 12.8 Å². The fraction of sp³-hybridized carbons (Fsp3) is 0.238. The third-order valence-electron chi connectivity index (χ3n) is 4.11. The highest BCUT2D eigenvalue weighted by Crippen LogP contribution is 2.13. The molecular formula is C21H24N4O. The Morgan fingerprint density at radius 1 is 0.769 bits per heavy atom. The summed E-state index contributed by atoms with van der Waals surface area (Å²) in [5.74, 6) is 2.54. The van der Waals surface area contributed by atoms with Crippen molar-refractivity contribution in [3.05, 3.63) is 78.1 Å². The molecule has 0 spiro atoms. The molecule has 5 nitrogen and oxygen atoms in total. The highest BCUT2D eigenvalue weighted by molar-refractivity contribution is 5.46. The van der Waals surface area contributed by atoms with Crippen molar-refractivity contribution < 1.29 is 4.74 Å². The molecule has 0 saturated heterocycles. The Morgan fingerprint density at radius 3 is 1.92 bits per heavy atom. The zero-order chi connectivity index (χ0) is 18.0. The lowest BCUT2D eigenvalue weighted by molar-refractivity contribution is 0.414. The molecule has 2 aromatic carbocycles. The lowest BCUT2D eigenvalue weighted by Gasteiger charge is -2.09. The van der Waals surface area contributed by atoms with Gasteiger partial charge in [-0.2, -0.15) is 0 Å². The fourth-order valence-corrected chi connectivity index (χ4v) is 2.66. The van der Waals surface area contributed by atoms with Gasteiger partial charge in [-0.25, -0.2) is 9.97 Å². The van der Waals surface area contributed by atoms with Crippen molar-refractivity contribution in [2.75, 3.05) is 30.8 Å². The summed E-state index contributed by atoms with van der Waals surface area (Å²) in [4.78, 5) is 8.56. The van der Waals surface area contributed by atoms with E-state index < -0.39 is 0 Å². The first-order valence-corrected chi connectivity index (χ1v) is 8.80. The van der Waals surface area contributed by atoms with Crippen LogP contribution in [0.25, 0.3) is 0 Å². The molecule has 3 rings (SSSR count). The van der Waals surface area contributed by atoms with E-state index in [1.165, 1.54) is 11.1 Å². The normalized spacial score (nSPS) is 10.3. The first kappa shape index (κ1) is 17.7. The molecule has 0 radical (unpaired) electrons. The lowest BCUT2D eigenvalue weighted by Crippen LogP contribution is -2.09. The van der Waals surface area contributed by atoms with Gasteiger partial charge in [0.05, 0.1) is 7.11 Å². The Morgan fingerprint density at radius 2 is 1.35 bits per heavy atom. The Balaban J connectivity index is 1.44. The Bertz CT molecular complexity index is 791. The average molecular weight is 348 g/mol. The van der Waals surface area contributed by atoms with Gasteiger partial charge in [0.25, 0.3) is 0 Å². The minimum Gasteiger partial charge on any atom is -0.497 e. The van der Waals surface area contributed by atoms with Gasteiger partial charge in [0, 0.05) is 19.2 Å². The molecule has 0 aliphatic carbocycles. The molecule has 26 heavy (non-hydrogen) atoms. The number of hydrogen-bond acceptors (Lipinski definition) is 5. The molecule has 0 atom stereocenters. The van der Waals surface area contributed by atoms with Crippen LogP contribution in [0.15, 0.2) is 67.0 Å². The zero-order valence-electron chi connectivity index (χ0n) is 15.0. The van der Waals surface area contributed by atoms with Crippen LogP contribution < -0.4 is 15.4 Å². The number of nitrogens with zero attached hydrogens (tertiary/aromatic N) is 2. The number of benzene rings is 2. The average Bonchev–Trinajstić information content (AvgIpc) is 2.70. The molecule has 0 unspecified atom stereocenters. The van der Waals surface area contributed by atoms with E-state index in [1.54, 1.807) is 13.4 Å². The number of aromatic nitrogens is 2. The van der Waals surface area contributed by atoms with Gasteiger partial charge in [0.15, 0.2) is 0 Å². The second-order valence-corrected chi connectivity index (χ2v) is 5.98. The van der Waals surface area contributed by atoms with E-state index in [0.29, 0.717) is 0 Å². The van der Waals surface area contributed by atoms with Gasteiger partial charge in [-0.3, -0.25) is 0 Å². The number of nitrogens with one attached hydrogen (secondary N) is 2. The van der Waals surface area contributed by atoms with Gasteiger partial charge in [-0.05, 0) is 36.1 Å². The third-order valence-corrected chi connectivity index (χ3v) is 4.11. The quantitative estimate of drug-likeness (QED) is 0.616. The molecule has 2 N–H and O–H groups in total. The Labute approximate surface area is 154 Å². The van der Waals surface area contributed by atoms with Crippen LogP contribution in [-0.2, 0) is 12.8 Å². The summed E-state index contributed by atoms with van der Waals surface area (Å²) in [7, 11) is 1.68. The van der Waals surface area contributed by atoms with E-state index in [1.807, 2.05) is 24.3 Å². The zero-order valence-corrected chi connectivity index (χ0v) is 15.0. The topological polar surface area (TPSA) is 59.1 Å². The van der Waals surface area contributed by atoms with Crippen molar-refractivity contribution in [3.63, 3.8) is 0 Å². The van der Waals surface area contributed by atoms with Crippen LogP contribution in [0.2, 0.25) is 0 Å². The second-order valence-electron chi connectivity index (χ2n) is 5.98. The van der Waals surface area contributed by atoms with Crippen LogP contribution in [-0.4, -0.2) is 30.2 Å². The maximum atomic E-state index is 5.18. The molecule has 0 fully saturated rings. The molecular weight excluding hydrogens is 324 g/mol. The summed E-state index contributed by atoms with van der Waals surface area (Å²) in [6, 6.07) is 20.5. The minimum atomic E-state index is 0.812. The second kappa shape index (κ2) is 9.42. The van der Waals surface area contributed by atoms with Gasteiger partial charge in [-0.1, -0.05) is 42.5 Å². The fourth-order valence-electron chi connectivity index (χ4n) is 2.66. The van der Waals surface area contributed by atoms with Gasteiger partial charge in [0.2, 0.25) is 0 Å². The number of rotatable bonds is 9. The highest BCUT2D eigenvalue weighted by Gasteiger charge is 2.00. The number of anilines is 2. The van der Waals surface area contributed by atoms with Crippen LogP contribution in [0.4, 0.5) is 11.6 Å². The third kappa shape index (κ3) is 5.48. The predicted octanol–water partition coefficient (Wildman–Crippen LogP) is 3.79. The lowest BCUT2D eigenvalue weighted by atomic mass is 10.1. The largest absolute Gasteiger partial charge is 0.497 e. The van der Waals surface area contributed by atoms with Crippen LogP contribution >= 0.6 is 0 Å². The van der Waals surface area contributed by atoms with Gasteiger partial charge in [0.1, 0.15) is 23.7 Å².